The van der Waals surface area contributed by atoms with Crippen molar-refractivity contribution >= 4 is 5.84 Å². The number of nitrogen functional groups attached to an aromatic ring is 1. The van der Waals surface area contributed by atoms with Gasteiger partial charge in [-0.1, -0.05) is 6.92 Å². The number of imidazole rings is 1. The summed E-state index contributed by atoms with van der Waals surface area (Å²) < 4.78 is 1.80. The molecule has 0 spiro atoms. The second-order valence-electron chi connectivity index (χ2n) is 3.21. The van der Waals surface area contributed by atoms with Crippen LogP contribution in [0.15, 0.2) is 24.8 Å². The molecule has 0 amide bonds. The van der Waals surface area contributed by atoms with Crippen molar-refractivity contribution < 1.29 is 0 Å². The number of nitrogens with two attached hydrogens (primary N) is 1. The van der Waals surface area contributed by atoms with E-state index in [-0.39, 0.29) is 5.84 Å². The topological polar surface area (TPSA) is 93.5 Å². The Kier molecular flexibility index (Phi) is 2.63. The van der Waals surface area contributed by atoms with Gasteiger partial charge in [0.1, 0.15) is 17.4 Å². The smallest absolute Gasteiger partial charge is 0.168 e. The average Bonchev–Trinajstić information content (AvgIpc) is 2.76. The Morgan fingerprint density at radius 2 is 2.06 bits per heavy atom. The molecule has 0 bridgehead atoms. The van der Waals surface area contributed by atoms with Gasteiger partial charge < -0.3 is 5.73 Å². The SMILES string of the molecule is CCc1nccn1-c1nccnc1C(=N)N. The van der Waals surface area contributed by atoms with Crippen LogP contribution in [-0.4, -0.2) is 25.4 Å². The number of nitrogens with one attached hydrogen (secondary N) is 1. The van der Waals surface area contributed by atoms with Crippen molar-refractivity contribution in [3.63, 3.8) is 0 Å². The number of nitrogens with zero attached hydrogens (tertiary/aromatic N) is 4. The predicted octanol–water partition coefficient (Wildman–Crippen LogP) is 0.509. The van der Waals surface area contributed by atoms with Crippen LogP contribution < -0.4 is 5.73 Å². The molecule has 2 aromatic rings. The number of aryl methyl sites for hydroxylation is 1. The third-order valence-electron chi connectivity index (χ3n) is 2.20. The maximum absolute atomic E-state index is 7.45. The van der Waals surface area contributed by atoms with Gasteiger partial charge in [-0.3, -0.25) is 9.98 Å². The summed E-state index contributed by atoms with van der Waals surface area (Å²) in [5.41, 5.74) is 5.83. The van der Waals surface area contributed by atoms with Gasteiger partial charge in [0.15, 0.2) is 5.82 Å². The molecule has 2 rings (SSSR count). The van der Waals surface area contributed by atoms with Crippen LogP contribution in [0.1, 0.15) is 18.4 Å². The van der Waals surface area contributed by atoms with E-state index >= 15 is 0 Å². The molecule has 2 heterocycles. The van der Waals surface area contributed by atoms with Crippen molar-refractivity contribution in [3.05, 3.63) is 36.3 Å². The highest BCUT2D eigenvalue weighted by atomic mass is 15.1. The van der Waals surface area contributed by atoms with Crippen LogP contribution in [0, 0.1) is 5.41 Å². The van der Waals surface area contributed by atoms with Gasteiger partial charge in [-0.15, -0.1) is 0 Å². The first kappa shape index (κ1) is 10.3. The van der Waals surface area contributed by atoms with Crippen LogP contribution in [0.5, 0.6) is 0 Å². The summed E-state index contributed by atoms with van der Waals surface area (Å²) in [5, 5.41) is 7.45. The van der Waals surface area contributed by atoms with E-state index in [1.54, 1.807) is 23.2 Å². The van der Waals surface area contributed by atoms with Crippen molar-refractivity contribution in [2.24, 2.45) is 5.73 Å². The summed E-state index contributed by atoms with van der Waals surface area (Å²) in [5.74, 6) is 1.31. The van der Waals surface area contributed by atoms with Crippen molar-refractivity contribution in [1.29, 1.82) is 5.41 Å². The minimum absolute atomic E-state index is 0.0983. The molecule has 2 aromatic heterocycles. The maximum atomic E-state index is 7.45. The summed E-state index contributed by atoms with van der Waals surface area (Å²) in [7, 11) is 0. The van der Waals surface area contributed by atoms with E-state index in [0.29, 0.717) is 11.5 Å². The molecule has 0 fully saturated rings. The van der Waals surface area contributed by atoms with Crippen molar-refractivity contribution in [3.8, 4) is 5.82 Å². The van der Waals surface area contributed by atoms with E-state index in [1.807, 2.05) is 6.92 Å². The first-order chi connectivity index (χ1) is 7.74. The standard InChI is InChI=1S/C10H12N6/c1-2-7-13-5-6-16(7)10-8(9(11)12)14-3-4-15-10/h3-6H,2H2,1H3,(H3,11,12). The quantitative estimate of drug-likeness (QED) is 0.577. The zero-order valence-corrected chi connectivity index (χ0v) is 8.88. The Hall–Kier alpha value is -2.24. The molecule has 16 heavy (non-hydrogen) atoms. The monoisotopic (exact) mass is 216 g/mol. The number of amidine groups is 1. The average molecular weight is 216 g/mol. The number of hydrogen-bond donors (Lipinski definition) is 2. The maximum Gasteiger partial charge on any atom is 0.168 e. The lowest BCUT2D eigenvalue weighted by atomic mass is 10.3. The molecule has 6 heteroatoms. The highest BCUT2D eigenvalue weighted by Crippen LogP contribution is 2.11. The lowest BCUT2D eigenvalue weighted by molar-refractivity contribution is 0.856. The highest BCUT2D eigenvalue weighted by Gasteiger charge is 2.12. The molecule has 0 aliphatic heterocycles. The summed E-state index contributed by atoms with van der Waals surface area (Å²) in [6.45, 7) is 2.00. The lowest BCUT2D eigenvalue weighted by Crippen LogP contribution is -2.18. The molecular weight excluding hydrogens is 204 g/mol. The molecule has 0 saturated heterocycles. The molecule has 0 radical (unpaired) electrons. The second kappa shape index (κ2) is 4.09. The minimum Gasteiger partial charge on any atom is -0.382 e. The number of aromatic nitrogens is 4. The van der Waals surface area contributed by atoms with Gasteiger partial charge in [-0.25, -0.2) is 15.0 Å². The van der Waals surface area contributed by atoms with Crippen LogP contribution in [-0.2, 0) is 6.42 Å². The van der Waals surface area contributed by atoms with E-state index in [2.05, 4.69) is 15.0 Å². The van der Waals surface area contributed by atoms with Gasteiger partial charge in [0.05, 0.1) is 0 Å². The van der Waals surface area contributed by atoms with Crippen molar-refractivity contribution in [2.45, 2.75) is 13.3 Å². The van der Waals surface area contributed by atoms with E-state index < -0.39 is 0 Å². The summed E-state index contributed by atoms with van der Waals surface area (Å²) in [4.78, 5) is 12.4. The Morgan fingerprint density at radius 1 is 1.31 bits per heavy atom. The number of hydrogen-bond acceptors (Lipinski definition) is 4. The molecule has 0 aliphatic rings. The number of rotatable bonds is 3. The molecule has 82 valence electrons. The van der Waals surface area contributed by atoms with E-state index in [4.69, 9.17) is 11.1 Å². The van der Waals surface area contributed by atoms with Crippen LogP contribution in [0.25, 0.3) is 5.82 Å². The van der Waals surface area contributed by atoms with E-state index in [9.17, 15) is 0 Å². The minimum atomic E-state index is -0.0983. The largest absolute Gasteiger partial charge is 0.382 e. The summed E-state index contributed by atoms with van der Waals surface area (Å²) in [6.07, 6.45) is 7.34. The molecule has 0 aromatic carbocycles. The Labute approximate surface area is 92.7 Å². The predicted molar refractivity (Wildman–Crippen MR) is 59.5 cm³/mol. The molecule has 0 atom stereocenters. The van der Waals surface area contributed by atoms with Crippen LogP contribution in [0.2, 0.25) is 0 Å². The van der Waals surface area contributed by atoms with Gasteiger partial charge in [-0.2, -0.15) is 0 Å². The van der Waals surface area contributed by atoms with Crippen LogP contribution >= 0.6 is 0 Å². The normalized spacial score (nSPS) is 10.3. The molecule has 6 nitrogen and oxygen atoms in total. The third kappa shape index (κ3) is 1.65. The van der Waals surface area contributed by atoms with Gasteiger partial charge in [-0.05, 0) is 0 Å². The fourth-order valence-corrected chi connectivity index (χ4v) is 1.49. The van der Waals surface area contributed by atoms with Gasteiger partial charge in [0, 0.05) is 31.2 Å². The Bertz CT molecular complexity index is 516. The lowest BCUT2D eigenvalue weighted by Gasteiger charge is -2.08. The zero-order valence-electron chi connectivity index (χ0n) is 8.88. The summed E-state index contributed by atoms with van der Waals surface area (Å²) in [6, 6.07) is 0. The van der Waals surface area contributed by atoms with E-state index in [1.165, 1.54) is 6.20 Å². The Balaban J connectivity index is 2.60. The van der Waals surface area contributed by atoms with Crippen LogP contribution in [0.3, 0.4) is 0 Å². The molecular formula is C10H12N6. The first-order valence-electron chi connectivity index (χ1n) is 4.92. The van der Waals surface area contributed by atoms with Gasteiger partial charge in [0.25, 0.3) is 0 Å². The molecule has 0 unspecified atom stereocenters. The molecule has 0 saturated carbocycles. The fraction of sp³-hybridized carbons (Fsp3) is 0.200. The highest BCUT2D eigenvalue weighted by molar-refractivity contribution is 5.95. The van der Waals surface area contributed by atoms with Gasteiger partial charge in [0.2, 0.25) is 0 Å². The van der Waals surface area contributed by atoms with E-state index in [0.717, 1.165) is 12.2 Å². The first-order valence-corrected chi connectivity index (χ1v) is 4.92. The Morgan fingerprint density at radius 3 is 2.75 bits per heavy atom. The zero-order chi connectivity index (χ0) is 11.5. The van der Waals surface area contributed by atoms with Crippen molar-refractivity contribution in [1.82, 2.24) is 19.5 Å². The molecule has 3 N–H and O–H groups in total. The second-order valence-corrected chi connectivity index (χ2v) is 3.21. The van der Waals surface area contributed by atoms with Crippen molar-refractivity contribution in [2.75, 3.05) is 0 Å². The summed E-state index contributed by atoms with van der Waals surface area (Å²) >= 11 is 0. The third-order valence-corrected chi connectivity index (χ3v) is 2.20. The molecule has 0 aliphatic carbocycles. The van der Waals surface area contributed by atoms with Crippen LogP contribution in [0.4, 0.5) is 0 Å². The fourth-order valence-electron chi connectivity index (χ4n) is 1.49. The van der Waals surface area contributed by atoms with Gasteiger partial charge >= 0.3 is 0 Å².